The maximum atomic E-state index is 5.01. The predicted octanol–water partition coefficient (Wildman–Crippen LogP) is 0.0113. The minimum atomic E-state index is 0.583. The smallest absolute Gasteiger partial charge is 0.0781 e. The molecule has 2 saturated heterocycles. The monoisotopic (exact) mass is 145 g/mol. The summed E-state index contributed by atoms with van der Waals surface area (Å²) in [5.41, 5.74) is 0. The fraction of sp³-hybridized carbons (Fsp3) is 1.00. The van der Waals surface area contributed by atoms with Crippen molar-refractivity contribution in [3.8, 4) is 0 Å². The van der Waals surface area contributed by atoms with Gasteiger partial charge >= 0.3 is 0 Å². The highest BCUT2D eigenvalue weighted by Crippen LogP contribution is 2.04. The fourth-order valence-corrected chi connectivity index (χ4v) is 0.612. The van der Waals surface area contributed by atoms with Crippen LogP contribution in [0.3, 0.4) is 0 Å². The third-order valence-corrected chi connectivity index (χ3v) is 1.35. The third kappa shape index (κ3) is 4.73. The molecule has 0 spiro atoms. The van der Waals surface area contributed by atoms with Crippen molar-refractivity contribution >= 4 is 0 Å². The van der Waals surface area contributed by atoms with Gasteiger partial charge in [0.05, 0.1) is 25.9 Å². The molecule has 2 aliphatic rings. The van der Waals surface area contributed by atoms with Gasteiger partial charge in [-0.25, -0.2) is 0 Å². The van der Waals surface area contributed by atoms with Crippen molar-refractivity contribution in [3.05, 3.63) is 0 Å². The standard InChI is InChI=1S/C4H9NO.C3H6O/c1-3-6-4-2-5-1;1-3-2-4-3/h5H,1-4H2;3H,2H2,1H3. The Kier molecular flexibility index (Phi) is 3.72. The topological polar surface area (TPSA) is 33.8 Å². The Balaban J connectivity index is 0.000000108. The van der Waals surface area contributed by atoms with E-state index in [0.29, 0.717) is 6.10 Å². The summed E-state index contributed by atoms with van der Waals surface area (Å²) in [6.07, 6.45) is 0.583. The van der Waals surface area contributed by atoms with Crippen LogP contribution < -0.4 is 5.32 Å². The normalized spacial score (nSPS) is 30.3. The predicted molar refractivity (Wildman–Crippen MR) is 39.1 cm³/mol. The van der Waals surface area contributed by atoms with E-state index in [4.69, 9.17) is 9.47 Å². The van der Waals surface area contributed by atoms with E-state index in [2.05, 4.69) is 12.2 Å². The van der Waals surface area contributed by atoms with Gasteiger partial charge in [-0.2, -0.15) is 0 Å². The number of rotatable bonds is 0. The fourth-order valence-electron chi connectivity index (χ4n) is 0.612. The molecule has 1 atom stereocenters. The van der Waals surface area contributed by atoms with Crippen molar-refractivity contribution in [1.82, 2.24) is 5.32 Å². The second-order valence-corrected chi connectivity index (χ2v) is 2.51. The van der Waals surface area contributed by atoms with Gasteiger partial charge < -0.3 is 14.8 Å². The zero-order valence-corrected chi connectivity index (χ0v) is 6.43. The Labute approximate surface area is 61.7 Å². The van der Waals surface area contributed by atoms with Crippen LogP contribution in [0.4, 0.5) is 0 Å². The molecule has 3 nitrogen and oxygen atoms in total. The Morgan fingerprint density at radius 1 is 1.30 bits per heavy atom. The molecule has 10 heavy (non-hydrogen) atoms. The summed E-state index contributed by atoms with van der Waals surface area (Å²) in [5.74, 6) is 0. The van der Waals surface area contributed by atoms with Crippen LogP contribution in [0.1, 0.15) is 6.92 Å². The molecule has 0 aromatic rings. The van der Waals surface area contributed by atoms with Crippen molar-refractivity contribution < 1.29 is 9.47 Å². The average Bonchev–Trinajstić information content (AvgIpc) is 2.77. The van der Waals surface area contributed by atoms with Crippen molar-refractivity contribution in [3.63, 3.8) is 0 Å². The number of hydrogen-bond acceptors (Lipinski definition) is 3. The zero-order valence-electron chi connectivity index (χ0n) is 6.43. The van der Waals surface area contributed by atoms with Gasteiger partial charge in [0, 0.05) is 13.1 Å². The molecule has 0 aromatic heterocycles. The van der Waals surface area contributed by atoms with Crippen molar-refractivity contribution in [1.29, 1.82) is 0 Å². The van der Waals surface area contributed by atoms with E-state index in [9.17, 15) is 0 Å². The van der Waals surface area contributed by atoms with Gasteiger partial charge in [-0.15, -0.1) is 0 Å². The highest BCUT2D eigenvalue weighted by molar-refractivity contribution is 4.58. The van der Waals surface area contributed by atoms with E-state index in [1.165, 1.54) is 0 Å². The lowest BCUT2D eigenvalue weighted by Gasteiger charge is -2.10. The largest absolute Gasteiger partial charge is 0.379 e. The minimum absolute atomic E-state index is 0.583. The summed E-state index contributed by atoms with van der Waals surface area (Å²) < 4.78 is 9.72. The van der Waals surface area contributed by atoms with Gasteiger partial charge in [0.15, 0.2) is 0 Å². The number of hydrogen-bond donors (Lipinski definition) is 1. The van der Waals surface area contributed by atoms with E-state index in [0.717, 1.165) is 32.9 Å². The van der Waals surface area contributed by atoms with Crippen LogP contribution in [0.5, 0.6) is 0 Å². The molecule has 1 unspecified atom stereocenters. The lowest BCUT2D eigenvalue weighted by molar-refractivity contribution is 0.109. The van der Waals surface area contributed by atoms with E-state index in [1.54, 1.807) is 0 Å². The molecule has 0 amide bonds. The van der Waals surface area contributed by atoms with Gasteiger partial charge in [0.1, 0.15) is 0 Å². The molecule has 0 radical (unpaired) electrons. The Hall–Kier alpha value is -0.120. The maximum Gasteiger partial charge on any atom is 0.0781 e. The van der Waals surface area contributed by atoms with Crippen molar-refractivity contribution in [2.24, 2.45) is 0 Å². The Morgan fingerprint density at radius 3 is 1.90 bits per heavy atom. The molecule has 2 fully saturated rings. The number of nitrogens with one attached hydrogen (secondary N) is 1. The molecular weight excluding hydrogens is 130 g/mol. The molecule has 0 bridgehead atoms. The van der Waals surface area contributed by atoms with E-state index >= 15 is 0 Å². The SMILES string of the molecule is C1COCCN1.CC1CO1. The molecule has 2 heterocycles. The minimum Gasteiger partial charge on any atom is -0.379 e. The van der Waals surface area contributed by atoms with Gasteiger partial charge in [-0.05, 0) is 6.92 Å². The summed E-state index contributed by atoms with van der Waals surface area (Å²) in [7, 11) is 0. The molecule has 0 aromatic carbocycles. The molecule has 0 aliphatic carbocycles. The molecular formula is C7H15NO2. The molecule has 2 rings (SSSR count). The number of epoxide rings is 1. The van der Waals surface area contributed by atoms with Crippen molar-refractivity contribution in [2.45, 2.75) is 13.0 Å². The first-order chi connectivity index (χ1) is 4.89. The first-order valence-corrected chi connectivity index (χ1v) is 3.79. The lowest BCUT2D eigenvalue weighted by atomic mass is 10.5. The molecule has 1 N–H and O–H groups in total. The summed E-state index contributed by atoms with van der Waals surface area (Å²) in [6.45, 7) is 6.88. The van der Waals surface area contributed by atoms with Crippen LogP contribution >= 0.6 is 0 Å². The molecule has 2 aliphatic heterocycles. The average molecular weight is 145 g/mol. The van der Waals surface area contributed by atoms with Crippen LogP contribution in [0.15, 0.2) is 0 Å². The third-order valence-electron chi connectivity index (χ3n) is 1.35. The lowest BCUT2D eigenvalue weighted by Crippen LogP contribution is -2.30. The summed E-state index contributed by atoms with van der Waals surface area (Å²) in [4.78, 5) is 0. The highest BCUT2D eigenvalue weighted by Gasteiger charge is 2.13. The summed E-state index contributed by atoms with van der Waals surface area (Å²) in [5, 5.41) is 3.16. The van der Waals surface area contributed by atoms with E-state index in [-0.39, 0.29) is 0 Å². The van der Waals surface area contributed by atoms with E-state index in [1.807, 2.05) is 0 Å². The second kappa shape index (κ2) is 4.66. The van der Waals surface area contributed by atoms with Gasteiger partial charge in [-0.1, -0.05) is 0 Å². The maximum absolute atomic E-state index is 5.01. The van der Waals surface area contributed by atoms with Crippen molar-refractivity contribution in [2.75, 3.05) is 32.9 Å². The first kappa shape index (κ1) is 7.98. The number of ether oxygens (including phenoxy) is 2. The highest BCUT2D eigenvalue weighted by atomic mass is 16.6. The van der Waals surface area contributed by atoms with Crippen LogP contribution in [-0.2, 0) is 9.47 Å². The van der Waals surface area contributed by atoms with Gasteiger partial charge in [-0.3, -0.25) is 0 Å². The number of morpholine rings is 1. The van der Waals surface area contributed by atoms with Crippen LogP contribution in [-0.4, -0.2) is 39.0 Å². The molecule has 0 saturated carbocycles. The molecule has 3 heteroatoms. The first-order valence-electron chi connectivity index (χ1n) is 3.79. The zero-order chi connectivity index (χ0) is 7.23. The van der Waals surface area contributed by atoms with Gasteiger partial charge in [0.25, 0.3) is 0 Å². The van der Waals surface area contributed by atoms with Crippen LogP contribution in [0.2, 0.25) is 0 Å². The van der Waals surface area contributed by atoms with Crippen LogP contribution in [0.25, 0.3) is 0 Å². The summed E-state index contributed by atoms with van der Waals surface area (Å²) >= 11 is 0. The Morgan fingerprint density at radius 2 is 1.80 bits per heavy atom. The summed E-state index contributed by atoms with van der Waals surface area (Å²) in [6, 6.07) is 0. The Bertz CT molecular complexity index is 68.2. The second-order valence-electron chi connectivity index (χ2n) is 2.51. The van der Waals surface area contributed by atoms with Gasteiger partial charge in [0.2, 0.25) is 0 Å². The van der Waals surface area contributed by atoms with E-state index < -0.39 is 0 Å². The molecule has 60 valence electrons. The van der Waals surface area contributed by atoms with Crippen LogP contribution in [0, 0.1) is 0 Å². The quantitative estimate of drug-likeness (QED) is 0.488.